The van der Waals surface area contributed by atoms with E-state index in [1.807, 2.05) is 0 Å². The van der Waals surface area contributed by atoms with Gasteiger partial charge in [-0.3, -0.25) is 19.2 Å². The van der Waals surface area contributed by atoms with Gasteiger partial charge in [-0.25, -0.2) is 0 Å². The smallest absolute Gasteiger partial charge is 0.305 e. The van der Waals surface area contributed by atoms with Crippen molar-refractivity contribution in [3.8, 4) is 0 Å². The molecule has 0 aliphatic rings. The number of carboxylic acid groups (broad SMARTS) is 1. The SMILES string of the molecule is N[C@@H](CNC=O)C(=O)N[C@@H](CO)[C@@H](O)[C@@H](O)[C@H](O)C(=O)N[C@@H](CC(=O)O)c1ccccc1. The fraction of sp³-hybridized carbons (Fsp3) is 0.474. The lowest BCUT2D eigenvalue weighted by Gasteiger charge is -2.30. The summed E-state index contributed by atoms with van der Waals surface area (Å²) in [6.07, 6.45) is -6.56. The molecule has 0 unspecified atom stereocenters. The average molecular weight is 456 g/mol. The van der Waals surface area contributed by atoms with E-state index in [4.69, 9.17) is 10.8 Å². The van der Waals surface area contributed by atoms with E-state index in [0.717, 1.165) is 0 Å². The zero-order valence-electron chi connectivity index (χ0n) is 17.0. The van der Waals surface area contributed by atoms with Crippen LogP contribution in [0.25, 0.3) is 0 Å². The van der Waals surface area contributed by atoms with Gasteiger partial charge in [0.1, 0.15) is 18.2 Å². The first-order valence-electron chi connectivity index (χ1n) is 9.57. The highest BCUT2D eigenvalue weighted by molar-refractivity contribution is 5.83. The van der Waals surface area contributed by atoms with Crippen LogP contribution in [0.15, 0.2) is 30.3 Å². The molecule has 0 fully saturated rings. The Balaban J connectivity index is 2.82. The summed E-state index contributed by atoms with van der Waals surface area (Å²) in [5.41, 5.74) is 5.95. The van der Waals surface area contributed by atoms with Crippen LogP contribution in [-0.4, -0.2) is 93.3 Å². The van der Waals surface area contributed by atoms with Crippen molar-refractivity contribution in [2.45, 2.75) is 42.9 Å². The van der Waals surface area contributed by atoms with Crippen LogP contribution in [0.5, 0.6) is 0 Å². The number of benzene rings is 1. The maximum absolute atomic E-state index is 12.4. The van der Waals surface area contributed by atoms with E-state index in [2.05, 4.69) is 16.0 Å². The van der Waals surface area contributed by atoms with Crippen molar-refractivity contribution in [1.82, 2.24) is 16.0 Å². The van der Waals surface area contributed by atoms with Gasteiger partial charge in [0.2, 0.25) is 12.3 Å². The number of aliphatic hydroxyl groups excluding tert-OH is 4. The van der Waals surface area contributed by atoms with Gasteiger partial charge in [-0.2, -0.15) is 0 Å². The number of nitrogens with two attached hydrogens (primary N) is 1. The van der Waals surface area contributed by atoms with Gasteiger partial charge in [0, 0.05) is 6.54 Å². The summed E-state index contributed by atoms with van der Waals surface area (Å²) in [7, 11) is 0. The number of hydrogen-bond donors (Lipinski definition) is 9. The summed E-state index contributed by atoms with van der Waals surface area (Å²) in [5.74, 6) is -3.28. The van der Waals surface area contributed by atoms with Crippen LogP contribution < -0.4 is 21.7 Å². The molecule has 178 valence electrons. The van der Waals surface area contributed by atoms with Crippen molar-refractivity contribution in [1.29, 1.82) is 0 Å². The lowest BCUT2D eigenvalue weighted by Crippen LogP contribution is -2.59. The number of amides is 3. The molecule has 0 aliphatic heterocycles. The summed E-state index contributed by atoms with van der Waals surface area (Å²) in [6, 6.07) is 4.28. The van der Waals surface area contributed by atoms with Crippen molar-refractivity contribution in [3.63, 3.8) is 0 Å². The summed E-state index contributed by atoms with van der Waals surface area (Å²) in [5, 5.41) is 55.7. The minimum Gasteiger partial charge on any atom is -0.481 e. The molecule has 1 rings (SSSR count). The largest absolute Gasteiger partial charge is 0.481 e. The number of rotatable bonds is 14. The van der Waals surface area contributed by atoms with E-state index in [1.54, 1.807) is 30.3 Å². The summed E-state index contributed by atoms with van der Waals surface area (Å²) in [6.45, 7) is -1.11. The van der Waals surface area contributed by atoms with E-state index < -0.39 is 67.2 Å². The first-order chi connectivity index (χ1) is 15.1. The third-order valence-corrected chi connectivity index (χ3v) is 4.53. The molecule has 32 heavy (non-hydrogen) atoms. The van der Waals surface area contributed by atoms with Gasteiger partial charge in [0.05, 0.1) is 25.1 Å². The third kappa shape index (κ3) is 8.20. The second-order valence-electron chi connectivity index (χ2n) is 6.93. The highest BCUT2D eigenvalue weighted by Crippen LogP contribution is 2.17. The zero-order valence-corrected chi connectivity index (χ0v) is 17.0. The van der Waals surface area contributed by atoms with E-state index >= 15 is 0 Å². The molecule has 1 aromatic carbocycles. The molecule has 13 heteroatoms. The molecule has 10 N–H and O–H groups in total. The van der Waals surface area contributed by atoms with Crippen molar-refractivity contribution in [2.24, 2.45) is 5.73 Å². The number of nitrogens with one attached hydrogen (secondary N) is 3. The summed E-state index contributed by atoms with van der Waals surface area (Å²) in [4.78, 5) is 45.7. The Labute approximate surface area is 183 Å². The van der Waals surface area contributed by atoms with E-state index in [1.165, 1.54) is 0 Å². The minimum atomic E-state index is -2.22. The number of carboxylic acids is 1. The lowest BCUT2D eigenvalue weighted by molar-refractivity contribution is -0.145. The van der Waals surface area contributed by atoms with Gasteiger partial charge in [-0.1, -0.05) is 30.3 Å². The standard InChI is InChI=1S/C19H28N4O9/c20-11(7-21-9-25)18(31)23-13(8-24)15(28)16(29)17(30)19(32)22-12(6-14(26)27)10-4-2-1-3-5-10/h1-5,9,11-13,15-17,24,28-30H,6-8,20H2,(H,21,25)(H,22,32)(H,23,31)(H,26,27)/t11-,12-,13-,15+,16+,17-/m0/s1. The van der Waals surface area contributed by atoms with Gasteiger partial charge in [0.15, 0.2) is 6.10 Å². The van der Waals surface area contributed by atoms with E-state index in [9.17, 15) is 39.6 Å². The van der Waals surface area contributed by atoms with Gasteiger partial charge in [-0.05, 0) is 5.56 Å². The molecular formula is C19H28N4O9. The number of hydrogen-bond acceptors (Lipinski definition) is 9. The average Bonchev–Trinajstić information content (AvgIpc) is 2.78. The highest BCUT2D eigenvalue weighted by Gasteiger charge is 2.37. The van der Waals surface area contributed by atoms with Crippen molar-refractivity contribution >= 4 is 24.2 Å². The van der Waals surface area contributed by atoms with Crippen LogP contribution in [0.4, 0.5) is 0 Å². The van der Waals surface area contributed by atoms with Crippen LogP contribution in [0.2, 0.25) is 0 Å². The molecule has 6 atom stereocenters. The quantitative estimate of drug-likeness (QED) is 0.123. The maximum Gasteiger partial charge on any atom is 0.305 e. The maximum atomic E-state index is 12.4. The molecule has 13 nitrogen and oxygen atoms in total. The van der Waals surface area contributed by atoms with Gasteiger partial charge >= 0.3 is 5.97 Å². The Morgan fingerprint density at radius 2 is 1.62 bits per heavy atom. The molecule has 0 spiro atoms. The molecule has 0 saturated heterocycles. The molecule has 0 saturated carbocycles. The monoisotopic (exact) mass is 456 g/mol. The van der Waals surface area contributed by atoms with E-state index in [-0.39, 0.29) is 6.54 Å². The first kappa shape index (κ1) is 26.9. The van der Waals surface area contributed by atoms with E-state index in [0.29, 0.717) is 12.0 Å². The predicted molar refractivity (Wildman–Crippen MR) is 109 cm³/mol. The number of carbonyl (C=O) groups excluding carboxylic acids is 3. The Bertz CT molecular complexity index is 764. The Morgan fingerprint density at radius 3 is 2.16 bits per heavy atom. The van der Waals surface area contributed by atoms with Gasteiger partial charge in [-0.15, -0.1) is 0 Å². The van der Waals surface area contributed by atoms with Crippen LogP contribution in [0, 0.1) is 0 Å². The molecule has 0 aliphatic carbocycles. The molecule has 0 aromatic heterocycles. The molecule has 0 heterocycles. The number of aliphatic hydroxyl groups is 4. The van der Waals surface area contributed by atoms with Crippen LogP contribution >= 0.6 is 0 Å². The number of carbonyl (C=O) groups is 4. The second kappa shape index (κ2) is 13.3. The predicted octanol–water partition coefficient (Wildman–Crippen LogP) is -4.05. The number of aliphatic carboxylic acids is 1. The molecule has 0 radical (unpaired) electrons. The Hall–Kier alpha value is -3.10. The van der Waals surface area contributed by atoms with Crippen LogP contribution in [0.1, 0.15) is 18.0 Å². The second-order valence-corrected chi connectivity index (χ2v) is 6.93. The summed E-state index contributed by atoms with van der Waals surface area (Å²) >= 11 is 0. The minimum absolute atomic E-state index is 0.235. The topological polar surface area (TPSA) is 232 Å². The summed E-state index contributed by atoms with van der Waals surface area (Å²) < 4.78 is 0. The van der Waals surface area contributed by atoms with Gasteiger partial charge < -0.3 is 47.2 Å². The Morgan fingerprint density at radius 1 is 1.00 bits per heavy atom. The fourth-order valence-corrected chi connectivity index (χ4v) is 2.75. The van der Waals surface area contributed by atoms with Crippen LogP contribution in [0.3, 0.4) is 0 Å². The highest BCUT2D eigenvalue weighted by atomic mass is 16.4. The van der Waals surface area contributed by atoms with Crippen molar-refractivity contribution in [2.75, 3.05) is 13.2 Å². The normalized spacial score (nSPS) is 16.5. The Kier molecular flexibility index (Phi) is 11.2. The molecular weight excluding hydrogens is 428 g/mol. The van der Waals surface area contributed by atoms with Crippen molar-refractivity contribution < 1.29 is 44.7 Å². The molecule has 0 bridgehead atoms. The van der Waals surface area contributed by atoms with Crippen LogP contribution in [-0.2, 0) is 19.2 Å². The fourth-order valence-electron chi connectivity index (χ4n) is 2.75. The third-order valence-electron chi connectivity index (χ3n) is 4.53. The lowest BCUT2D eigenvalue weighted by atomic mass is 9.99. The van der Waals surface area contributed by atoms with Crippen molar-refractivity contribution in [3.05, 3.63) is 35.9 Å². The first-order valence-corrected chi connectivity index (χ1v) is 9.57. The molecule has 3 amide bonds. The molecule has 1 aromatic rings. The van der Waals surface area contributed by atoms with Gasteiger partial charge in [0.25, 0.3) is 5.91 Å². The zero-order chi connectivity index (χ0) is 24.3.